The highest BCUT2D eigenvalue weighted by molar-refractivity contribution is 9.11. The highest BCUT2D eigenvalue weighted by atomic mass is 79.9. The van der Waals surface area contributed by atoms with Gasteiger partial charge in [-0.3, -0.25) is 25.2 Å². The van der Waals surface area contributed by atoms with Crippen molar-refractivity contribution in [3.05, 3.63) is 377 Å². The molecule has 0 amide bonds. The maximum Gasteiger partial charge on any atom is 0.416 e. The van der Waals surface area contributed by atoms with Crippen LogP contribution in [-0.4, -0.2) is 119 Å². The zero-order valence-corrected chi connectivity index (χ0v) is 79.6. The van der Waals surface area contributed by atoms with Gasteiger partial charge in [-0.05, 0) is 152 Å². The van der Waals surface area contributed by atoms with Crippen LogP contribution in [0.5, 0.6) is 17.6 Å². The standard InChI is InChI=1S/C21H20BrFN5O2.C21H21FN5O2.C20H19N5O.C19H16BrFN5O2.C18H14BrN5O/c1-13(2)30-20-8-7-14(12-27(20)29)10-24-19-9-18(15-5-3-4-6-17(15)23)26-21-16(22)11-25-28(19)21;1-3-15-12-24-27-19(23-11-14-8-9-20(29-2)26(28)13-14)10-18(25-21(15)27)16-6-4-5-7-17(16)22;1-2-15-13-23-25-18(22-12-14-8-9-21-19(26)10-14)11-17(24-20(15)25)16-6-4-3-5-7-16;1-28-18-7-6-12(11-25(18)27)9-22-17-8-16(13-4-2-3-5-15(13)21)24-19-14(20)10-23-26(17)19;19-14-11-22-24-16(21-10-12-6-7-20-17(25)8-12)9-15(23-18(14)24)13-4-2-1-3-5-13/h3-9,11-13,24,29H,10H2,1-2H3;4-10,12-13,23,28H,3,11H2,1-2H3;3-11,13,22H,2,12H2,1H3,(H,21,26);2-8,10-11,22,27H,9H2,1H3;1-9,11,21H,10H2,(H,20,25)/q2*+1;;+1;. The van der Waals surface area contributed by atoms with Gasteiger partial charge >= 0.3 is 17.6 Å². The minimum Gasteiger partial charge on any atom is -0.445 e. The minimum absolute atomic E-state index is 0.0486. The van der Waals surface area contributed by atoms with Crippen LogP contribution in [0.2, 0.25) is 0 Å². The van der Waals surface area contributed by atoms with Gasteiger partial charge in [-0.25, -0.2) is 38.1 Å². The molecule has 138 heavy (non-hydrogen) atoms. The molecular formula is C99H90Br3F3N25O8+3. The van der Waals surface area contributed by atoms with Crippen molar-refractivity contribution in [1.29, 1.82) is 0 Å². The lowest BCUT2D eigenvalue weighted by Gasteiger charge is -2.11. The first-order valence-corrected chi connectivity index (χ1v) is 45.7. The first kappa shape index (κ1) is 94.8. The number of ether oxygens (including phenoxy) is 3. The Morgan fingerprint density at radius 3 is 0.971 bits per heavy atom. The molecule has 33 nitrogen and oxygen atoms in total. The number of aromatic amines is 2. The smallest absolute Gasteiger partial charge is 0.416 e. The summed E-state index contributed by atoms with van der Waals surface area (Å²) in [5.74, 6) is 3.58. The Kier molecular flexibility index (Phi) is 30.0. The van der Waals surface area contributed by atoms with Gasteiger partial charge in [0.25, 0.3) is 0 Å². The van der Waals surface area contributed by atoms with Crippen LogP contribution < -0.4 is 66.1 Å². The van der Waals surface area contributed by atoms with E-state index in [0.29, 0.717) is 127 Å². The summed E-state index contributed by atoms with van der Waals surface area (Å²) in [6, 6.07) is 66.3. The number of fused-ring (bicyclic) bond motifs is 5. The Balaban J connectivity index is 0.000000125. The van der Waals surface area contributed by atoms with Gasteiger partial charge < -0.3 is 50.8 Å². The van der Waals surface area contributed by atoms with Crippen molar-refractivity contribution in [3.8, 4) is 73.9 Å². The lowest BCUT2D eigenvalue weighted by atomic mass is 10.1. The minimum atomic E-state index is -0.350. The third kappa shape index (κ3) is 22.5. The summed E-state index contributed by atoms with van der Waals surface area (Å²) in [6.07, 6.45) is 18.2. The van der Waals surface area contributed by atoms with E-state index in [-0.39, 0.29) is 34.7 Å². The highest BCUT2D eigenvalue weighted by Gasteiger charge is 2.23. The van der Waals surface area contributed by atoms with Gasteiger partial charge in [-0.15, -0.1) is 0 Å². The van der Waals surface area contributed by atoms with Crippen LogP contribution in [0.4, 0.5) is 42.3 Å². The Hall–Kier alpha value is -16.4. The maximum atomic E-state index is 14.4. The van der Waals surface area contributed by atoms with Crippen molar-refractivity contribution < 1.29 is 57.2 Å². The molecule has 0 fully saturated rings. The number of aromatic nitrogens is 20. The van der Waals surface area contributed by atoms with E-state index in [0.717, 1.165) is 116 Å². The third-order valence-electron chi connectivity index (χ3n) is 21.4. The quantitative estimate of drug-likeness (QED) is 0.0178. The summed E-state index contributed by atoms with van der Waals surface area (Å²) in [5, 5.41) is 68.4. The van der Waals surface area contributed by atoms with Gasteiger partial charge in [0.05, 0.1) is 111 Å². The molecule has 15 heterocycles. The number of hydrogen-bond acceptors (Lipinski definition) is 23. The van der Waals surface area contributed by atoms with Crippen molar-refractivity contribution in [2.24, 2.45) is 0 Å². The van der Waals surface area contributed by atoms with E-state index in [4.69, 9.17) is 24.2 Å². The molecular weight excluding hydrogens is 1960 g/mol. The van der Waals surface area contributed by atoms with E-state index in [9.17, 15) is 38.4 Å². The van der Waals surface area contributed by atoms with E-state index in [1.807, 2.05) is 135 Å². The largest absolute Gasteiger partial charge is 0.445 e. The summed E-state index contributed by atoms with van der Waals surface area (Å²) < 4.78 is 72.1. The molecule has 10 N–H and O–H groups in total. The Morgan fingerprint density at radius 1 is 0.362 bits per heavy atom. The predicted molar refractivity (Wildman–Crippen MR) is 525 cm³/mol. The molecule has 0 radical (unpaired) electrons. The maximum absolute atomic E-state index is 14.4. The number of pyridine rings is 5. The molecule has 0 atom stereocenters. The van der Waals surface area contributed by atoms with Crippen LogP contribution in [0.1, 0.15) is 66.6 Å². The second kappa shape index (κ2) is 43.7. The lowest BCUT2D eigenvalue weighted by Crippen LogP contribution is -2.34. The number of rotatable bonds is 26. The molecule has 0 saturated carbocycles. The average molecular weight is 2050 g/mol. The van der Waals surface area contributed by atoms with Crippen LogP contribution in [-0.2, 0) is 45.6 Å². The number of methoxy groups -OCH3 is 2. The Morgan fingerprint density at radius 2 is 0.652 bits per heavy atom. The van der Waals surface area contributed by atoms with Gasteiger partial charge in [0.2, 0.25) is 29.7 Å². The molecule has 0 saturated heterocycles. The van der Waals surface area contributed by atoms with Crippen molar-refractivity contribution in [1.82, 2.24) is 83.0 Å². The predicted octanol–water partition coefficient (Wildman–Crippen LogP) is 17.6. The fourth-order valence-electron chi connectivity index (χ4n) is 14.6. The van der Waals surface area contributed by atoms with E-state index in [2.05, 4.69) is 132 Å². The summed E-state index contributed by atoms with van der Waals surface area (Å²) in [7, 11) is 2.97. The first-order valence-electron chi connectivity index (χ1n) is 43.3. The number of anilines is 5. The molecule has 0 aliphatic rings. The summed E-state index contributed by atoms with van der Waals surface area (Å²) in [5.41, 5.74) is 16.0. The van der Waals surface area contributed by atoms with Gasteiger partial charge in [0.1, 0.15) is 46.5 Å². The summed E-state index contributed by atoms with van der Waals surface area (Å²) in [6.45, 7) is 10.2. The number of halogens is 6. The number of nitrogens with one attached hydrogen (secondary N) is 7. The van der Waals surface area contributed by atoms with E-state index >= 15 is 0 Å². The molecule has 0 aliphatic carbocycles. The van der Waals surface area contributed by atoms with E-state index < -0.39 is 0 Å². The zero-order valence-electron chi connectivity index (χ0n) is 74.9. The molecule has 698 valence electrons. The van der Waals surface area contributed by atoms with Crippen molar-refractivity contribution in [2.45, 2.75) is 79.4 Å². The van der Waals surface area contributed by atoms with Crippen LogP contribution in [0, 0.1) is 17.5 Å². The SMILES string of the molecule is CC(C)Oc1ccc(CNc2cc(-c3ccccc3F)nc3c(Br)cnn23)c[n+]1O.CCc1cnn2c(NCc3cc[nH]c(=O)c3)cc(-c3ccccc3)nc12.CCc1cnn2c(NCc3ccc(OC)[n+](O)c3)cc(-c3ccccc3F)nc12.COc1ccc(CNc2cc(-c3ccccc3F)nc3c(Br)cnn23)c[n+]1O.O=c1cc(CNc2cc(-c3ccccc3)nc3c(Br)cnn23)cc[nH]1. The number of benzene rings is 5. The molecule has 39 heteroatoms. The Labute approximate surface area is 810 Å². The normalized spacial score (nSPS) is 11.0. The van der Waals surface area contributed by atoms with Crippen LogP contribution in [0.3, 0.4) is 0 Å². The number of hydrogen-bond donors (Lipinski definition) is 10. The molecule has 0 bridgehead atoms. The van der Waals surface area contributed by atoms with E-state index in [1.54, 1.807) is 177 Å². The fourth-order valence-corrected chi connectivity index (χ4v) is 15.6. The lowest BCUT2D eigenvalue weighted by molar-refractivity contribution is -0.906. The monoisotopic (exact) mass is 2050 g/mol. The zero-order chi connectivity index (χ0) is 96.5. The number of aryl methyl sites for hydroxylation is 2. The van der Waals surface area contributed by atoms with Crippen LogP contribution in [0.15, 0.2) is 309 Å². The molecule has 20 rings (SSSR count). The van der Waals surface area contributed by atoms with E-state index in [1.165, 1.54) is 32.4 Å². The molecule has 20 aromatic rings. The van der Waals surface area contributed by atoms with Gasteiger partial charge in [-0.2, -0.15) is 48.1 Å². The van der Waals surface area contributed by atoms with Crippen molar-refractivity contribution in [3.63, 3.8) is 0 Å². The molecule has 0 unspecified atom stereocenters. The second-order valence-corrected chi connectivity index (χ2v) is 33.7. The summed E-state index contributed by atoms with van der Waals surface area (Å²) in [4.78, 5) is 51.4. The number of H-pyrrole nitrogens is 2. The van der Waals surface area contributed by atoms with Crippen molar-refractivity contribution in [2.75, 3.05) is 40.8 Å². The van der Waals surface area contributed by atoms with Gasteiger partial charge in [-0.1, -0.05) is 111 Å². The molecule has 5 aromatic carbocycles. The molecule has 0 aliphatic heterocycles. The second-order valence-electron chi connectivity index (χ2n) is 31.1. The highest BCUT2D eigenvalue weighted by Crippen LogP contribution is 2.34. The van der Waals surface area contributed by atoms with Gasteiger partial charge in [0.15, 0.2) is 28.2 Å². The van der Waals surface area contributed by atoms with Gasteiger partial charge in [0, 0.05) is 157 Å². The third-order valence-corrected chi connectivity index (χ3v) is 23.1. The first-order chi connectivity index (χ1) is 67.0. The average Bonchev–Trinajstić information content (AvgIpc) is 1.59. The fraction of sp³-hybridized carbons (Fsp3) is 0.141. The number of nitrogens with zero attached hydrogens (tertiary/aromatic N) is 18. The van der Waals surface area contributed by atoms with Crippen LogP contribution in [0.25, 0.3) is 84.5 Å². The van der Waals surface area contributed by atoms with Crippen molar-refractivity contribution >= 4 is 105 Å². The summed E-state index contributed by atoms with van der Waals surface area (Å²) >= 11 is 10.4. The topological polar surface area (TPSA) is 377 Å². The Bertz CT molecular complexity index is 7860. The molecule has 0 spiro atoms. The van der Waals surface area contributed by atoms with Crippen LogP contribution >= 0.6 is 47.8 Å². The molecule has 15 aromatic heterocycles.